The van der Waals surface area contributed by atoms with Gasteiger partial charge < -0.3 is 75.3 Å². The molecular formula is C49H76N12O14. The lowest BCUT2D eigenvalue weighted by molar-refractivity contribution is -0.142. The average molecular weight is 1060 g/mol. The summed E-state index contributed by atoms with van der Waals surface area (Å²) in [6, 6.07) is -7.40. The van der Waals surface area contributed by atoms with Gasteiger partial charge in [0.15, 0.2) is 0 Å². The molecule has 0 radical (unpaired) electrons. The Bertz CT molecular complexity index is 2200. The highest BCUT2D eigenvalue weighted by Gasteiger charge is 2.40. The molecule has 416 valence electrons. The van der Waals surface area contributed by atoms with Crippen molar-refractivity contribution < 1.29 is 67.7 Å². The largest absolute Gasteiger partial charge is 0.508 e. The maximum atomic E-state index is 14.3. The number of hydrogen-bond acceptors (Lipinski definition) is 14. The van der Waals surface area contributed by atoms with Crippen molar-refractivity contribution in [3.63, 3.8) is 0 Å². The third-order valence-corrected chi connectivity index (χ3v) is 13.1. The Morgan fingerprint density at radius 3 is 1.61 bits per heavy atom. The normalized spacial score (nSPS) is 24.3. The maximum absolute atomic E-state index is 14.3. The molecule has 0 bridgehead atoms. The molecule has 2 aliphatic rings. The summed E-state index contributed by atoms with van der Waals surface area (Å²) in [5, 5.41) is 37.0. The van der Waals surface area contributed by atoms with Gasteiger partial charge in [-0.15, -0.1) is 0 Å². The van der Waals surface area contributed by atoms with Gasteiger partial charge in [-0.25, -0.2) is 0 Å². The van der Waals surface area contributed by atoms with Crippen molar-refractivity contribution in [3.05, 3.63) is 29.8 Å². The lowest BCUT2D eigenvalue weighted by Gasteiger charge is -2.31. The van der Waals surface area contributed by atoms with E-state index in [1.807, 2.05) is 0 Å². The Morgan fingerprint density at radius 2 is 1.08 bits per heavy atom. The van der Waals surface area contributed by atoms with E-state index in [4.69, 9.17) is 22.9 Å². The molecule has 7 unspecified atom stereocenters. The van der Waals surface area contributed by atoms with Crippen molar-refractivity contribution in [2.75, 3.05) is 13.2 Å². The van der Waals surface area contributed by atoms with Crippen molar-refractivity contribution >= 4 is 70.9 Å². The van der Waals surface area contributed by atoms with Gasteiger partial charge in [0.1, 0.15) is 48.0 Å². The zero-order chi connectivity index (χ0) is 55.8. The second kappa shape index (κ2) is 31.4. The minimum Gasteiger partial charge on any atom is -0.508 e. The van der Waals surface area contributed by atoms with E-state index in [2.05, 4.69) is 51.1 Å². The van der Waals surface area contributed by atoms with Gasteiger partial charge in [-0.1, -0.05) is 77.3 Å². The highest BCUT2D eigenvalue weighted by molar-refractivity contribution is 6.00. The summed E-state index contributed by atoms with van der Waals surface area (Å²) < 4.78 is 0. The number of nitrogens with zero attached hydrogens (tertiary/aromatic N) is 1. The van der Waals surface area contributed by atoms with Crippen LogP contribution in [0.5, 0.6) is 5.75 Å². The lowest BCUT2D eigenvalue weighted by Crippen LogP contribution is -2.61. The van der Waals surface area contributed by atoms with Gasteiger partial charge in [0.05, 0.1) is 25.9 Å². The van der Waals surface area contributed by atoms with Crippen LogP contribution in [0, 0.1) is 5.92 Å². The first-order chi connectivity index (χ1) is 35.5. The van der Waals surface area contributed by atoms with Crippen LogP contribution in [0.1, 0.15) is 129 Å². The highest BCUT2D eigenvalue weighted by atomic mass is 16.3. The molecule has 75 heavy (non-hydrogen) atoms. The summed E-state index contributed by atoms with van der Waals surface area (Å²) in [6.07, 6.45) is 3.94. The average Bonchev–Trinajstić information content (AvgIpc) is 3.84. The van der Waals surface area contributed by atoms with Gasteiger partial charge in [0.2, 0.25) is 70.9 Å². The lowest BCUT2D eigenvalue weighted by atomic mass is 9.99. The summed E-state index contributed by atoms with van der Waals surface area (Å²) in [5.74, 6) is -12.1. The molecule has 17 N–H and O–H groups in total. The monoisotopic (exact) mass is 1060 g/mol. The predicted octanol–water partition coefficient (Wildman–Crippen LogP) is -3.23. The van der Waals surface area contributed by atoms with E-state index in [-0.39, 0.29) is 31.6 Å². The van der Waals surface area contributed by atoms with E-state index in [1.54, 1.807) is 0 Å². The van der Waals surface area contributed by atoms with Crippen molar-refractivity contribution in [1.82, 2.24) is 42.1 Å². The molecule has 26 heteroatoms. The van der Waals surface area contributed by atoms with Crippen LogP contribution >= 0.6 is 0 Å². The second-order valence-corrected chi connectivity index (χ2v) is 19.3. The van der Waals surface area contributed by atoms with Crippen LogP contribution in [0.2, 0.25) is 0 Å². The van der Waals surface area contributed by atoms with Gasteiger partial charge in [0, 0.05) is 31.8 Å². The number of aliphatic hydroxyl groups is 1. The number of nitrogens with two attached hydrogens (primary N) is 4. The Morgan fingerprint density at radius 1 is 0.600 bits per heavy atom. The van der Waals surface area contributed by atoms with Crippen LogP contribution in [0.15, 0.2) is 24.3 Å². The Labute approximate surface area is 435 Å². The number of aliphatic hydroxyl groups excluding tert-OH is 1. The minimum absolute atomic E-state index is 0.00708. The van der Waals surface area contributed by atoms with E-state index in [0.717, 1.165) is 44.9 Å². The smallest absolute Gasteiger partial charge is 0.245 e. The second-order valence-electron chi connectivity index (χ2n) is 19.3. The summed E-state index contributed by atoms with van der Waals surface area (Å²) in [5.41, 5.74) is 22.1. The van der Waals surface area contributed by atoms with Gasteiger partial charge >= 0.3 is 0 Å². The third-order valence-electron chi connectivity index (χ3n) is 13.1. The number of unbranched alkanes of at least 4 members (excludes halogenated alkanes) is 5. The van der Waals surface area contributed by atoms with Crippen molar-refractivity contribution in [2.45, 2.75) is 178 Å². The van der Waals surface area contributed by atoms with Crippen molar-refractivity contribution in [2.24, 2.45) is 28.9 Å². The van der Waals surface area contributed by atoms with E-state index in [0.29, 0.717) is 24.3 Å². The molecule has 1 aromatic rings. The first kappa shape index (κ1) is 61.9. The van der Waals surface area contributed by atoms with Gasteiger partial charge in [-0.2, -0.15) is 0 Å². The number of benzene rings is 1. The summed E-state index contributed by atoms with van der Waals surface area (Å²) in [7, 11) is 0. The molecule has 2 aliphatic heterocycles. The number of phenols is 1. The van der Waals surface area contributed by atoms with Crippen LogP contribution in [-0.2, 0) is 64.0 Å². The maximum Gasteiger partial charge on any atom is 0.245 e. The quantitative estimate of drug-likeness (QED) is 0.0509. The van der Waals surface area contributed by atoms with E-state index in [9.17, 15) is 67.7 Å². The molecule has 0 spiro atoms. The molecule has 2 fully saturated rings. The molecule has 0 aliphatic carbocycles. The van der Waals surface area contributed by atoms with Crippen LogP contribution in [0.4, 0.5) is 0 Å². The number of amides is 12. The number of carbonyl (C=O) groups excluding carboxylic acids is 12. The molecular weight excluding hydrogens is 981 g/mol. The van der Waals surface area contributed by atoms with Gasteiger partial charge in [0.25, 0.3) is 0 Å². The molecule has 26 nitrogen and oxygen atoms in total. The van der Waals surface area contributed by atoms with Gasteiger partial charge in [-0.05, 0) is 49.3 Å². The number of nitrogens with one attached hydrogen (secondary N) is 7. The first-order valence-corrected chi connectivity index (χ1v) is 25.5. The van der Waals surface area contributed by atoms with Crippen molar-refractivity contribution in [1.29, 1.82) is 0 Å². The summed E-state index contributed by atoms with van der Waals surface area (Å²) in [4.78, 5) is 162. The molecule has 1 aromatic carbocycles. The van der Waals surface area contributed by atoms with Crippen LogP contribution in [-0.4, -0.2) is 147 Å². The highest BCUT2D eigenvalue weighted by Crippen LogP contribution is 2.22. The fourth-order valence-electron chi connectivity index (χ4n) is 8.71. The van der Waals surface area contributed by atoms with Crippen LogP contribution in [0.3, 0.4) is 0 Å². The molecule has 0 saturated carbocycles. The molecule has 12 amide bonds. The summed E-state index contributed by atoms with van der Waals surface area (Å²) in [6.45, 7) is 3.19. The topological polar surface area (TPSA) is 437 Å². The number of rotatable bonds is 22. The fourth-order valence-corrected chi connectivity index (χ4v) is 8.71. The first-order valence-electron chi connectivity index (χ1n) is 25.5. The van der Waals surface area contributed by atoms with Crippen molar-refractivity contribution in [3.8, 4) is 5.75 Å². The predicted molar refractivity (Wildman–Crippen MR) is 268 cm³/mol. The van der Waals surface area contributed by atoms with Crippen LogP contribution in [0.25, 0.3) is 0 Å². The Balaban J connectivity index is 2.12. The summed E-state index contributed by atoms with van der Waals surface area (Å²) >= 11 is 0. The van der Waals surface area contributed by atoms with E-state index >= 15 is 0 Å². The van der Waals surface area contributed by atoms with E-state index < -0.39 is 164 Å². The van der Waals surface area contributed by atoms with E-state index in [1.165, 1.54) is 29.2 Å². The number of aromatic hydroxyl groups is 1. The molecule has 3 rings (SSSR count). The molecule has 9 atom stereocenters. The van der Waals surface area contributed by atoms with Crippen LogP contribution < -0.4 is 60.2 Å². The number of fused-ring (bicyclic) bond motifs is 1. The Kier molecular flexibility index (Phi) is 25.9. The number of hydrogen-bond donors (Lipinski definition) is 13. The number of phenolic OH excluding ortho intramolecular Hbond substituents is 1. The number of carbonyl (C=O) groups is 12. The number of primary amides is 4. The zero-order valence-corrected chi connectivity index (χ0v) is 42.7. The zero-order valence-electron chi connectivity index (χ0n) is 42.7. The molecule has 2 saturated heterocycles. The van der Waals surface area contributed by atoms with Gasteiger partial charge in [-0.3, -0.25) is 57.5 Å². The molecule has 2 heterocycles. The SMILES string of the molecule is CCC(C)CCCCCCCCC1CC(=O)NC(CC(N)=O)C(=O)NC(Cc2ccc(O)cc2)C(=O)NC(CC(N)=O)C(=O)N[C@@H](CO)C(=O)NC(CC(N)=O)C(=O)NC(CCC(N)=O)C(=O)N2CCC[C@@H]2C(=O)N1. The standard InChI is InChI=1S/C49H76N12O14/c1-3-27(2)11-8-6-4-5-7-9-12-29-22-42(68)55-33(23-39(51)65)44(70)57-32(21-28-14-16-30(63)17-15-28)43(69)58-35(25-41(53)67)46(72)60-36(26-62)47(73)59-34(24-40(52)66)45(71)56-31(18-19-38(50)64)49(75)61-20-10-13-37(61)48(74)54-29/h14-17,27,29,31-37,62-63H,3-13,18-26H2,1-2H3,(H2,50,64)(H2,51,65)(H2,52,66)(H2,53,67)(H,54,74)(H,55,68)(H,56,71)(H,57,70)(H,58,69)(H,59,73)(H,60,72)/t27?,29?,31?,32?,33?,34?,35?,36-,37+/m0/s1. The fraction of sp³-hybridized carbons (Fsp3) is 0.633. The third kappa shape index (κ3) is 21.9. The minimum atomic E-state index is -1.96. The Hall–Kier alpha value is -7.38. The molecule has 0 aromatic heterocycles.